The maximum atomic E-state index is 12.3. The number of imide groups is 1. The highest BCUT2D eigenvalue weighted by atomic mass is 16.2. The summed E-state index contributed by atoms with van der Waals surface area (Å²) in [4.78, 5) is 37.6. The average Bonchev–Trinajstić information content (AvgIpc) is 2.63. The summed E-state index contributed by atoms with van der Waals surface area (Å²) in [5.41, 5.74) is 1.73. The molecule has 3 amide bonds. The third kappa shape index (κ3) is 1.73. The van der Waals surface area contributed by atoms with Gasteiger partial charge in [-0.15, -0.1) is 0 Å². The first kappa shape index (κ1) is 11.9. The fraction of sp³-hybridized carbons (Fsp3) is 0.357. The first-order valence-corrected chi connectivity index (χ1v) is 6.36. The van der Waals surface area contributed by atoms with Gasteiger partial charge >= 0.3 is 0 Å². The van der Waals surface area contributed by atoms with E-state index in [1.165, 1.54) is 0 Å². The van der Waals surface area contributed by atoms with Crippen molar-refractivity contribution in [1.29, 1.82) is 0 Å². The van der Waals surface area contributed by atoms with Gasteiger partial charge in [0, 0.05) is 6.54 Å². The number of amides is 3. The topological polar surface area (TPSA) is 66.5 Å². The van der Waals surface area contributed by atoms with E-state index in [-0.39, 0.29) is 17.7 Å². The summed E-state index contributed by atoms with van der Waals surface area (Å²) in [6.45, 7) is 2.48. The molecule has 0 unspecified atom stereocenters. The average molecular weight is 258 g/mol. The summed E-state index contributed by atoms with van der Waals surface area (Å²) in [7, 11) is 0. The molecule has 1 aromatic carbocycles. The second kappa shape index (κ2) is 4.19. The van der Waals surface area contributed by atoms with E-state index in [0.717, 1.165) is 16.9 Å². The second-order valence-corrected chi connectivity index (χ2v) is 4.98. The zero-order chi connectivity index (χ0) is 13.6. The standard InChI is InChI=1S/C14H14N2O3/c1-8-4-5-9-10(7-8)14(19)16(13(9)18)11-3-2-6-15-12(11)17/h4-5,7,11H,2-3,6H2,1H3,(H,15,17)/t11-/m0/s1. The van der Waals surface area contributed by atoms with Gasteiger partial charge in [-0.2, -0.15) is 0 Å². The van der Waals surface area contributed by atoms with Gasteiger partial charge in [0.2, 0.25) is 5.91 Å². The van der Waals surface area contributed by atoms with Crippen LogP contribution in [0.5, 0.6) is 0 Å². The molecule has 3 rings (SSSR count). The Balaban J connectivity index is 2.00. The number of rotatable bonds is 1. The minimum Gasteiger partial charge on any atom is -0.354 e. The molecule has 0 aliphatic carbocycles. The first-order chi connectivity index (χ1) is 9.09. The molecular weight excluding hydrogens is 244 g/mol. The van der Waals surface area contributed by atoms with E-state index in [4.69, 9.17) is 0 Å². The Kier molecular flexibility index (Phi) is 2.62. The molecule has 0 bridgehead atoms. The van der Waals surface area contributed by atoms with Gasteiger partial charge in [-0.25, -0.2) is 0 Å². The Morgan fingerprint density at radius 2 is 1.89 bits per heavy atom. The lowest BCUT2D eigenvalue weighted by Gasteiger charge is -2.28. The second-order valence-electron chi connectivity index (χ2n) is 4.98. The van der Waals surface area contributed by atoms with E-state index in [1.54, 1.807) is 18.2 Å². The summed E-state index contributed by atoms with van der Waals surface area (Å²) in [5.74, 6) is -0.953. The van der Waals surface area contributed by atoms with Crippen molar-refractivity contribution in [2.45, 2.75) is 25.8 Å². The summed E-state index contributed by atoms with van der Waals surface area (Å²) >= 11 is 0. The van der Waals surface area contributed by atoms with Crippen molar-refractivity contribution < 1.29 is 14.4 Å². The van der Waals surface area contributed by atoms with Crippen molar-refractivity contribution in [3.8, 4) is 0 Å². The summed E-state index contributed by atoms with van der Waals surface area (Å²) in [6, 6.07) is 4.50. The molecule has 0 radical (unpaired) electrons. The number of piperidine rings is 1. The van der Waals surface area contributed by atoms with Gasteiger partial charge < -0.3 is 5.32 Å². The van der Waals surface area contributed by atoms with Crippen LogP contribution in [-0.2, 0) is 4.79 Å². The van der Waals surface area contributed by atoms with Crippen LogP contribution < -0.4 is 5.32 Å². The number of nitrogens with one attached hydrogen (secondary N) is 1. The van der Waals surface area contributed by atoms with Crippen LogP contribution in [-0.4, -0.2) is 35.2 Å². The molecule has 2 aliphatic heterocycles. The van der Waals surface area contributed by atoms with Gasteiger partial charge in [-0.1, -0.05) is 11.6 Å². The van der Waals surface area contributed by atoms with Crippen LogP contribution in [0, 0.1) is 6.92 Å². The fourth-order valence-corrected chi connectivity index (χ4v) is 2.66. The quantitative estimate of drug-likeness (QED) is 0.760. The highest BCUT2D eigenvalue weighted by molar-refractivity contribution is 6.23. The van der Waals surface area contributed by atoms with Crippen molar-refractivity contribution in [2.75, 3.05) is 6.54 Å². The van der Waals surface area contributed by atoms with Gasteiger partial charge in [-0.3, -0.25) is 19.3 Å². The van der Waals surface area contributed by atoms with Crippen molar-refractivity contribution in [2.24, 2.45) is 0 Å². The zero-order valence-corrected chi connectivity index (χ0v) is 10.6. The van der Waals surface area contributed by atoms with Gasteiger partial charge in [0.05, 0.1) is 11.1 Å². The van der Waals surface area contributed by atoms with Crippen LogP contribution in [0.2, 0.25) is 0 Å². The molecule has 1 N–H and O–H groups in total. The number of benzene rings is 1. The van der Waals surface area contributed by atoms with Crippen LogP contribution in [0.15, 0.2) is 18.2 Å². The minimum absolute atomic E-state index is 0.238. The lowest BCUT2D eigenvalue weighted by Crippen LogP contribution is -2.52. The predicted molar refractivity (Wildman–Crippen MR) is 67.7 cm³/mol. The first-order valence-electron chi connectivity index (χ1n) is 6.36. The number of aryl methyl sites for hydroxylation is 1. The van der Waals surface area contributed by atoms with Gasteiger partial charge in [0.15, 0.2) is 0 Å². The molecule has 19 heavy (non-hydrogen) atoms. The van der Waals surface area contributed by atoms with Crippen molar-refractivity contribution in [1.82, 2.24) is 10.2 Å². The lowest BCUT2D eigenvalue weighted by atomic mass is 10.1. The Morgan fingerprint density at radius 3 is 2.63 bits per heavy atom. The maximum absolute atomic E-state index is 12.3. The van der Waals surface area contributed by atoms with E-state index < -0.39 is 6.04 Å². The smallest absolute Gasteiger partial charge is 0.262 e. The van der Waals surface area contributed by atoms with Gasteiger partial charge in [0.25, 0.3) is 11.8 Å². The number of hydrogen-bond donors (Lipinski definition) is 1. The van der Waals surface area contributed by atoms with Crippen LogP contribution >= 0.6 is 0 Å². The Bertz CT molecular complexity index is 594. The van der Waals surface area contributed by atoms with E-state index in [9.17, 15) is 14.4 Å². The summed E-state index contributed by atoms with van der Waals surface area (Å²) < 4.78 is 0. The minimum atomic E-state index is -0.665. The molecule has 0 saturated carbocycles. The molecule has 1 fully saturated rings. The number of carbonyl (C=O) groups excluding carboxylic acids is 3. The van der Waals surface area contributed by atoms with Crippen molar-refractivity contribution in [3.05, 3.63) is 34.9 Å². The molecule has 0 spiro atoms. The fourth-order valence-electron chi connectivity index (χ4n) is 2.66. The molecule has 98 valence electrons. The molecule has 5 heteroatoms. The number of hydrogen-bond acceptors (Lipinski definition) is 3. The predicted octanol–water partition coefficient (Wildman–Crippen LogP) is 0.870. The van der Waals surface area contributed by atoms with Crippen LogP contribution in [0.25, 0.3) is 0 Å². The monoisotopic (exact) mass is 258 g/mol. The van der Waals surface area contributed by atoms with Crippen LogP contribution in [0.3, 0.4) is 0 Å². The number of carbonyl (C=O) groups is 3. The lowest BCUT2D eigenvalue weighted by molar-refractivity contribution is -0.126. The molecular formula is C14H14N2O3. The zero-order valence-electron chi connectivity index (χ0n) is 10.6. The van der Waals surface area contributed by atoms with Gasteiger partial charge in [-0.05, 0) is 31.9 Å². The maximum Gasteiger partial charge on any atom is 0.262 e. The van der Waals surface area contributed by atoms with Crippen LogP contribution in [0.1, 0.15) is 39.1 Å². The largest absolute Gasteiger partial charge is 0.354 e. The third-order valence-corrected chi connectivity index (χ3v) is 3.64. The number of fused-ring (bicyclic) bond motifs is 1. The SMILES string of the molecule is Cc1ccc2c(c1)C(=O)N([C@H]1CCCNC1=O)C2=O. The molecule has 1 saturated heterocycles. The molecule has 1 atom stereocenters. The van der Waals surface area contributed by atoms with Crippen LogP contribution in [0.4, 0.5) is 0 Å². The van der Waals surface area contributed by atoms with E-state index >= 15 is 0 Å². The highest BCUT2D eigenvalue weighted by Gasteiger charge is 2.43. The van der Waals surface area contributed by atoms with Gasteiger partial charge in [0.1, 0.15) is 6.04 Å². The molecule has 2 aliphatic rings. The highest BCUT2D eigenvalue weighted by Crippen LogP contribution is 2.27. The van der Waals surface area contributed by atoms with E-state index in [0.29, 0.717) is 24.1 Å². The summed E-state index contributed by atoms with van der Waals surface area (Å²) in [5, 5.41) is 2.70. The Hall–Kier alpha value is -2.17. The third-order valence-electron chi connectivity index (χ3n) is 3.64. The van der Waals surface area contributed by atoms with E-state index in [1.807, 2.05) is 6.92 Å². The normalized spacial score (nSPS) is 22.5. The molecule has 0 aromatic heterocycles. The molecule has 5 nitrogen and oxygen atoms in total. The Morgan fingerprint density at radius 1 is 1.16 bits per heavy atom. The number of nitrogens with zero attached hydrogens (tertiary/aromatic N) is 1. The van der Waals surface area contributed by atoms with E-state index in [2.05, 4.69) is 5.32 Å². The Labute approximate surface area is 110 Å². The van der Waals surface area contributed by atoms with Crippen molar-refractivity contribution >= 4 is 17.7 Å². The summed E-state index contributed by atoms with van der Waals surface area (Å²) in [6.07, 6.45) is 1.32. The molecule has 1 aromatic rings. The molecule has 2 heterocycles. The van der Waals surface area contributed by atoms with Crippen molar-refractivity contribution in [3.63, 3.8) is 0 Å².